The molecule has 0 radical (unpaired) electrons. The first kappa shape index (κ1) is 38.6. The second-order valence-electron chi connectivity index (χ2n) is 14.7. The molecule has 3 rings (SSSR count). The standard InChI is InChI=1S/C46H74/c1-3-5-7-9-11-13-15-17-19-21-23-25-27-29-35-41-42(44-38-32-34-40-46(44)45-39-33-31-37-43(41)45)36-30-28-26-24-22-20-18-16-14-12-10-8-6-4-2/h31-34,37-40H,3-30,35-36H2,1-2H3. The summed E-state index contributed by atoms with van der Waals surface area (Å²) >= 11 is 0. The van der Waals surface area contributed by atoms with E-state index in [1.54, 1.807) is 11.1 Å². The summed E-state index contributed by atoms with van der Waals surface area (Å²) < 4.78 is 0. The van der Waals surface area contributed by atoms with Crippen LogP contribution >= 0.6 is 0 Å². The minimum Gasteiger partial charge on any atom is -0.0654 e. The van der Waals surface area contributed by atoms with Gasteiger partial charge in [0.2, 0.25) is 0 Å². The third-order valence-electron chi connectivity index (χ3n) is 10.7. The highest BCUT2D eigenvalue weighted by Crippen LogP contribution is 2.35. The molecule has 0 saturated carbocycles. The molecule has 0 saturated heterocycles. The lowest BCUT2D eigenvalue weighted by Gasteiger charge is -2.18. The van der Waals surface area contributed by atoms with Gasteiger partial charge in [-0.2, -0.15) is 0 Å². The molecule has 0 spiro atoms. The van der Waals surface area contributed by atoms with Crippen molar-refractivity contribution >= 4 is 21.5 Å². The zero-order valence-electron chi connectivity index (χ0n) is 30.8. The van der Waals surface area contributed by atoms with Crippen molar-refractivity contribution < 1.29 is 0 Å². The fourth-order valence-electron chi connectivity index (χ4n) is 7.85. The van der Waals surface area contributed by atoms with Crippen LogP contribution in [0.4, 0.5) is 0 Å². The van der Waals surface area contributed by atoms with Gasteiger partial charge in [-0.1, -0.05) is 229 Å². The predicted molar refractivity (Wildman–Crippen MR) is 209 cm³/mol. The van der Waals surface area contributed by atoms with Crippen LogP contribution in [-0.2, 0) is 12.8 Å². The molecule has 258 valence electrons. The zero-order valence-corrected chi connectivity index (χ0v) is 30.8. The summed E-state index contributed by atoms with van der Waals surface area (Å²) in [6.45, 7) is 4.62. The van der Waals surface area contributed by atoms with Crippen molar-refractivity contribution in [2.75, 3.05) is 0 Å². The van der Waals surface area contributed by atoms with Crippen molar-refractivity contribution in [3.05, 3.63) is 59.7 Å². The van der Waals surface area contributed by atoms with Gasteiger partial charge in [-0.05, 0) is 58.4 Å². The highest BCUT2D eigenvalue weighted by molar-refractivity contribution is 6.10. The van der Waals surface area contributed by atoms with Gasteiger partial charge in [0.25, 0.3) is 0 Å². The van der Waals surface area contributed by atoms with Gasteiger partial charge in [-0.25, -0.2) is 0 Å². The van der Waals surface area contributed by atoms with Crippen LogP contribution in [0.3, 0.4) is 0 Å². The van der Waals surface area contributed by atoms with Crippen LogP contribution in [0.2, 0.25) is 0 Å². The first-order valence-corrected chi connectivity index (χ1v) is 20.8. The van der Waals surface area contributed by atoms with Crippen molar-refractivity contribution in [1.29, 1.82) is 0 Å². The third kappa shape index (κ3) is 15.4. The van der Waals surface area contributed by atoms with Gasteiger partial charge in [0.15, 0.2) is 0 Å². The minimum atomic E-state index is 1.25. The Morgan fingerprint density at radius 2 is 0.478 bits per heavy atom. The molecule has 0 aliphatic heterocycles. The average Bonchev–Trinajstić information content (AvgIpc) is 3.09. The summed E-state index contributed by atoms with van der Waals surface area (Å²) in [5.74, 6) is 0. The Kier molecular flexibility index (Phi) is 22.0. The molecule has 0 bridgehead atoms. The fraction of sp³-hybridized carbons (Fsp3) is 0.696. The van der Waals surface area contributed by atoms with Crippen LogP contribution in [0.5, 0.6) is 0 Å². The Balaban J connectivity index is 1.38. The van der Waals surface area contributed by atoms with Crippen LogP contribution in [0, 0.1) is 0 Å². The Labute approximate surface area is 286 Å². The molecule has 0 fully saturated rings. The number of hydrogen-bond acceptors (Lipinski definition) is 0. The van der Waals surface area contributed by atoms with E-state index in [4.69, 9.17) is 0 Å². The van der Waals surface area contributed by atoms with E-state index < -0.39 is 0 Å². The first-order chi connectivity index (χ1) is 22.9. The lowest BCUT2D eigenvalue weighted by atomic mass is 9.86. The first-order valence-electron chi connectivity index (χ1n) is 20.8. The number of unbranched alkanes of at least 4 members (excludes halogenated alkanes) is 26. The molecular weight excluding hydrogens is 553 g/mol. The monoisotopic (exact) mass is 627 g/mol. The van der Waals surface area contributed by atoms with E-state index in [9.17, 15) is 0 Å². The Morgan fingerprint density at radius 1 is 0.261 bits per heavy atom. The number of fused-ring (bicyclic) bond motifs is 3. The molecule has 0 heteroatoms. The van der Waals surface area contributed by atoms with Crippen molar-refractivity contribution in [3.63, 3.8) is 0 Å². The van der Waals surface area contributed by atoms with Crippen LogP contribution in [0.15, 0.2) is 48.5 Å². The quantitative estimate of drug-likeness (QED) is 0.0510. The van der Waals surface area contributed by atoms with Gasteiger partial charge in [0, 0.05) is 0 Å². The number of benzene rings is 3. The second kappa shape index (κ2) is 26.2. The Hall–Kier alpha value is -1.82. The Bertz CT molecular complexity index is 1050. The van der Waals surface area contributed by atoms with Gasteiger partial charge in [0.05, 0.1) is 0 Å². The molecule has 0 nitrogen and oxygen atoms in total. The Morgan fingerprint density at radius 3 is 0.739 bits per heavy atom. The van der Waals surface area contributed by atoms with Crippen molar-refractivity contribution in [3.8, 4) is 0 Å². The number of hydrogen-bond donors (Lipinski definition) is 0. The SMILES string of the molecule is CCCCCCCCCCCCCCCCc1c(CCCCCCCCCCCCCCCC)c2ccccc2c2ccccc12. The third-order valence-corrected chi connectivity index (χ3v) is 10.7. The van der Waals surface area contributed by atoms with E-state index >= 15 is 0 Å². The molecule has 0 heterocycles. The van der Waals surface area contributed by atoms with Gasteiger partial charge in [-0.15, -0.1) is 0 Å². The molecule has 0 aliphatic rings. The highest BCUT2D eigenvalue weighted by Gasteiger charge is 2.14. The van der Waals surface area contributed by atoms with E-state index in [-0.39, 0.29) is 0 Å². The lowest BCUT2D eigenvalue weighted by Crippen LogP contribution is -2.00. The molecule has 46 heavy (non-hydrogen) atoms. The van der Waals surface area contributed by atoms with E-state index in [2.05, 4.69) is 62.4 Å². The molecule has 3 aromatic carbocycles. The van der Waals surface area contributed by atoms with Crippen LogP contribution in [0.1, 0.15) is 205 Å². The maximum absolute atomic E-state index is 2.41. The normalized spacial score (nSPS) is 11.7. The zero-order chi connectivity index (χ0) is 32.3. The van der Waals surface area contributed by atoms with Gasteiger partial charge < -0.3 is 0 Å². The number of rotatable bonds is 30. The molecule has 0 atom stereocenters. The molecule has 0 aliphatic carbocycles. The summed E-state index contributed by atoms with van der Waals surface area (Å²) in [5, 5.41) is 5.97. The maximum Gasteiger partial charge on any atom is -0.0102 e. The fourth-order valence-corrected chi connectivity index (χ4v) is 7.85. The van der Waals surface area contributed by atoms with Crippen molar-refractivity contribution in [2.24, 2.45) is 0 Å². The topological polar surface area (TPSA) is 0 Å². The lowest BCUT2D eigenvalue weighted by molar-refractivity contribution is 0.534. The van der Waals surface area contributed by atoms with Crippen LogP contribution in [-0.4, -0.2) is 0 Å². The van der Waals surface area contributed by atoms with Crippen LogP contribution in [0.25, 0.3) is 21.5 Å². The molecule has 0 unspecified atom stereocenters. The maximum atomic E-state index is 2.41. The molecule has 0 N–H and O–H groups in total. The summed E-state index contributed by atoms with van der Waals surface area (Å²) in [6.07, 6.45) is 42.5. The smallest absolute Gasteiger partial charge is 0.0102 e. The van der Waals surface area contributed by atoms with E-state index in [1.807, 2.05) is 0 Å². The second-order valence-corrected chi connectivity index (χ2v) is 14.7. The predicted octanol–water partition coefficient (Wildman–Crippen LogP) is 16.0. The minimum absolute atomic E-state index is 1.25. The summed E-state index contributed by atoms with van der Waals surface area (Å²) in [6, 6.07) is 18.6. The summed E-state index contributed by atoms with van der Waals surface area (Å²) in [5.41, 5.74) is 3.34. The van der Waals surface area contributed by atoms with E-state index in [0.717, 1.165) is 0 Å². The van der Waals surface area contributed by atoms with Crippen molar-refractivity contribution in [2.45, 2.75) is 206 Å². The van der Waals surface area contributed by atoms with Gasteiger partial charge in [-0.3, -0.25) is 0 Å². The number of aryl methyl sites for hydroxylation is 2. The summed E-state index contributed by atoms with van der Waals surface area (Å²) in [7, 11) is 0. The largest absolute Gasteiger partial charge is 0.0654 e. The highest BCUT2D eigenvalue weighted by atomic mass is 14.2. The van der Waals surface area contributed by atoms with Gasteiger partial charge in [0.1, 0.15) is 0 Å². The molecule has 0 aromatic heterocycles. The molecule has 3 aromatic rings. The average molecular weight is 627 g/mol. The van der Waals surface area contributed by atoms with E-state index in [0.29, 0.717) is 0 Å². The molecule has 0 amide bonds. The summed E-state index contributed by atoms with van der Waals surface area (Å²) in [4.78, 5) is 0. The van der Waals surface area contributed by atoms with Gasteiger partial charge >= 0.3 is 0 Å². The van der Waals surface area contributed by atoms with E-state index in [1.165, 1.54) is 214 Å². The van der Waals surface area contributed by atoms with Crippen LogP contribution < -0.4 is 0 Å². The molecular formula is C46H74. The van der Waals surface area contributed by atoms with Crippen molar-refractivity contribution in [1.82, 2.24) is 0 Å².